The van der Waals surface area contributed by atoms with Crippen molar-refractivity contribution in [2.75, 3.05) is 7.11 Å². The quantitative estimate of drug-likeness (QED) is 0.814. The molecule has 0 aromatic heterocycles. The second-order valence-corrected chi connectivity index (χ2v) is 7.42. The highest BCUT2D eigenvalue weighted by molar-refractivity contribution is 7.55. The van der Waals surface area contributed by atoms with E-state index < -0.39 is 7.52 Å². The minimum absolute atomic E-state index is 0.311. The second-order valence-electron chi connectivity index (χ2n) is 5.29. The predicted octanol–water partition coefficient (Wildman–Crippen LogP) is 4.23. The van der Waals surface area contributed by atoms with Gasteiger partial charge in [-0.15, -0.1) is 0 Å². The summed E-state index contributed by atoms with van der Waals surface area (Å²) < 4.78 is 17.0. The van der Waals surface area contributed by atoms with E-state index in [1.165, 1.54) is 18.2 Å². The van der Waals surface area contributed by atoms with Gasteiger partial charge >= 0.3 is 0 Å². The van der Waals surface area contributed by atoms with E-state index in [9.17, 15) is 4.57 Å². The molecular formula is C14H24NO2P. The molecule has 0 heterocycles. The molecule has 0 saturated carbocycles. The van der Waals surface area contributed by atoms with Crippen LogP contribution < -0.4 is 5.50 Å². The molecule has 4 heteroatoms. The summed E-state index contributed by atoms with van der Waals surface area (Å²) >= 11 is 0. The maximum atomic E-state index is 12.1. The molecule has 0 radical (unpaired) electrons. The molecule has 2 N–H and O–H groups in total. The normalized spacial score (nSPS) is 15.1. The van der Waals surface area contributed by atoms with E-state index in [1.807, 2.05) is 0 Å². The first kappa shape index (κ1) is 15.4. The fourth-order valence-electron chi connectivity index (χ4n) is 2.17. The van der Waals surface area contributed by atoms with Crippen molar-refractivity contribution in [3.05, 3.63) is 34.9 Å². The minimum atomic E-state index is -3.03. The van der Waals surface area contributed by atoms with Crippen LogP contribution in [0.15, 0.2) is 18.2 Å². The minimum Gasteiger partial charge on any atom is -0.321 e. The smallest absolute Gasteiger partial charge is 0.271 e. The second kappa shape index (κ2) is 6.01. The third kappa shape index (κ3) is 3.68. The van der Waals surface area contributed by atoms with Crippen LogP contribution in [0.2, 0.25) is 0 Å². The lowest BCUT2D eigenvalue weighted by molar-refractivity contribution is 0.393. The van der Waals surface area contributed by atoms with Gasteiger partial charge in [-0.05, 0) is 28.5 Å². The van der Waals surface area contributed by atoms with Crippen LogP contribution in [-0.4, -0.2) is 7.11 Å². The van der Waals surface area contributed by atoms with Crippen LogP contribution in [0.3, 0.4) is 0 Å². The number of nitrogens with two attached hydrogens (primary N) is 1. The van der Waals surface area contributed by atoms with Crippen LogP contribution in [0.5, 0.6) is 0 Å². The number of benzene rings is 1. The van der Waals surface area contributed by atoms with E-state index >= 15 is 0 Å². The fourth-order valence-corrected chi connectivity index (χ4v) is 3.11. The van der Waals surface area contributed by atoms with Gasteiger partial charge in [0, 0.05) is 7.11 Å². The molecule has 0 spiro atoms. The monoisotopic (exact) mass is 269 g/mol. The van der Waals surface area contributed by atoms with Gasteiger partial charge in [0.25, 0.3) is 7.52 Å². The van der Waals surface area contributed by atoms with Gasteiger partial charge in [0.1, 0.15) is 0 Å². The Morgan fingerprint density at radius 3 is 1.94 bits per heavy atom. The molecular weight excluding hydrogens is 245 g/mol. The average molecular weight is 269 g/mol. The van der Waals surface area contributed by atoms with Gasteiger partial charge in [-0.3, -0.25) is 10.1 Å². The molecule has 3 nitrogen and oxygen atoms in total. The maximum Gasteiger partial charge on any atom is 0.271 e. The first-order valence-corrected chi connectivity index (χ1v) is 8.21. The highest BCUT2D eigenvalue weighted by atomic mass is 31.2. The first-order chi connectivity index (χ1) is 8.28. The molecule has 0 saturated heterocycles. The van der Waals surface area contributed by atoms with Crippen molar-refractivity contribution < 1.29 is 9.09 Å². The van der Waals surface area contributed by atoms with Gasteiger partial charge in [-0.2, -0.15) is 0 Å². The Hall–Kier alpha value is -0.630. The highest BCUT2D eigenvalue weighted by Crippen LogP contribution is 2.44. The van der Waals surface area contributed by atoms with Crippen molar-refractivity contribution in [1.82, 2.24) is 0 Å². The van der Waals surface area contributed by atoms with Gasteiger partial charge in [-0.1, -0.05) is 45.9 Å². The fraction of sp³-hybridized carbons (Fsp3) is 0.571. The highest BCUT2D eigenvalue weighted by Gasteiger charge is 2.22. The van der Waals surface area contributed by atoms with Crippen molar-refractivity contribution in [3.63, 3.8) is 0 Å². The van der Waals surface area contributed by atoms with E-state index in [0.29, 0.717) is 18.0 Å². The molecule has 0 bridgehead atoms. The van der Waals surface area contributed by atoms with Crippen molar-refractivity contribution in [3.8, 4) is 0 Å². The van der Waals surface area contributed by atoms with Crippen LogP contribution >= 0.6 is 7.52 Å². The van der Waals surface area contributed by atoms with E-state index in [2.05, 4.69) is 45.9 Å². The standard InChI is InChI=1S/C14H24NO2P/c1-10(2)12-7-6-8-13(11(3)4)14(12)9-18(15,16)17-5/h6-8,10-11H,9H2,1-5H3,(H2,15,16). The molecule has 1 atom stereocenters. The van der Waals surface area contributed by atoms with Crippen LogP contribution in [0.25, 0.3) is 0 Å². The molecule has 0 aliphatic carbocycles. The summed E-state index contributed by atoms with van der Waals surface area (Å²) in [4.78, 5) is 0. The van der Waals surface area contributed by atoms with Gasteiger partial charge in [0.2, 0.25) is 0 Å². The largest absolute Gasteiger partial charge is 0.321 e. The van der Waals surface area contributed by atoms with Gasteiger partial charge < -0.3 is 4.52 Å². The topological polar surface area (TPSA) is 52.3 Å². The molecule has 1 unspecified atom stereocenters. The van der Waals surface area contributed by atoms with E-state index in [-0.39, 0.29) is 0 Å². The Morgan fingerprint density at radius 2 is 1.61 bits per heavy atom. The zero-order valence-electron chi connectivity index (χ0n) is 11.9. The summed E-state index contributed by atoms with van der Waals surface area (Å²) in [5.41, 5.74) is 9.24. The Morgan fingerprint density at radius 1 is 1.17 bits per heavy atom. The lowest BCUT2D eigenvalue weighted by Gasteiger charge is -2.21. The van der Waals surface area contributed by atoms with Crippen molar-refractivity contribution in [2.45, 2.75) is 45.7 Å². The number of hydrogen-bond donors (Lipinski definition) is 1. The molecule has 0 amide bonds. The Labute approximate surface area is 110 Å². The molecule has 102 valence electrons. The molecule has 0 aliphatic heterocycles. The molecule has 18 heavy (non-hydrogen) atoms. The Balaban J connectivity index is 3.32. The molecule has 1 rings (SSSR count). The maximum absolute atomic E-state index is 12.1. The van der Waals surface area contributed by atoms with Gasteiger partial charge in [0.05, 0.1) is 6.16 Å². The number of hydrogen-bond acceptors (Lipinski definition) is 2. The SMILES string of the molecule is COP(N)(=O)Cc1c(C(C)C)cccc1C(C)C. The Bertz CT molecular complexity index is 429. The van der Waals surface area contributed by atoms with E-state index in [4.69, 9.17) is 10.0 Å². The molecule has 0 aliphatic rings. The van der Waals surface area contributed by atoms with Crippen LogP contribution in [-0.2, 0) is 15.3 Å². The third-order valence-electron chi connectivity index (χ3n) is 3.18. The molecule has 1 aromatic carbocycles. The van der Waals surface area contributed by atoms with Crippen LogP contribution in [0.4, 0.5) is 0 Å². The van der Waals surface area contributed by atoms with E-state index in [0.717, 1.165) is 5.56 Å². The lowest BCUT2D eigenvalue weighted by Crippen LogP contribution is -2.08. The van der Waals surface area contributed by atoms with Gasteiger partial charge in [-0.25, -0.2) is 0 Å². The molecule has 1 aromatic rings. The van der Waals surface area contributed by atoms with Crippen molar-refractivity contribution >= 4 is 7.52 Å². The third-order valence-corrected chi connectivity index (χ3v) is 4.56. The Kier molecular flexibility index (Phi) is 5.15. The summed E-state index contributed by atoms with van der Waals surface area (Å²) in [5, 5.41) is 0. The predicted molar refractivity (Wildman–Crippen MR) is 77.1 cm³/mol. The first-order valence-electron chi connectivity index (χ1n) is 6.33. The van der Waals surface area contributed by atoms with Crippen molar-refractivity contribution in [1.29, 1.82) is 0 Å². The average Bonchev–Trinajstić information content (AvgIpc) is 2.28. The summed E-state index contributed by atoms with van der Waals surface area (Å²) in [7, 11) is -1.62. The van der Waals surface area contributed by atoms with Crippen molar-refractivity contribution in [2.24, 2.45) is 5.50 Å². The number of rotatable bonds is 5. The summed E-state index contributed by atoms with van der Waals surface area (Å²) in [6.45, 7) is 8.54. The lowest BCUT2D eigenvalue weighted by atomic mass is 9.90. The van der Waals surface area contributed by atoms with Crippen LogP contribution in [0.1, 0.15) is 56.2 Å². The summed E-state index contributed by atoms with van der Waals surface area (Å²) in [6.07, 6.45) is 0.311. The zero-order valence-corrected chi connectivity index (χ0v) is 12.8. The molecule has 0 fully saturated rings. The van der Waals surface area contributed by atoms with Crippen LogP contribution in [0, 0.1) is 0 Å². The summed E-state index contributed by atoms with van der Waals surface area (Å²) in [5.74, 6) is 0.770. The van der Waals surface area contributed by atoms with Gasteiger partial charge in [0.15, 0.2) is 0 Å². The van der Waals surface area contributed by atoms with E-state index in [1.54, 1.807) is 0 Å². The zero-order chi connectivity index (χ0) is 13.9. The summed E-state index contributed by atoms with van der Waals surface area (Å²) in [6, 6.07) is 6.23.